The molecule has 3 rings (SSSR count). The molecule has 0 atom stereocenters. The maximum absolute atomic E-state index is 13.0. The minimum Gasteiger partial charge on any atom is -0.379 e. The van der Waals surface area contributed by atoms with Crippen molar-refractivity contribution in [3.63, 3.8) is 0 Å². The Bertz CT molecular complexity index is 967. The number of alkyl halides is 3. The normalized spacial score (nSPS) is 16.0. The summed E-state index contributed by atoms with van der Waals surface area (Å²) >= 11 is 0. The first-order chi connectivity index (χ1) is 13.7. The van der Waals surface area contributed by atoms with Crippen LogP contribution in [0.15, 0.2) is 41.4 Å². The lowest BCUT2D eigenvalue weighted by atomic mass is 10.0. The Kier molecular flexibility index (Phi) is 6.30. The quantitative estimate of drug-likeness (QED) is 0.732. The molecular formula is C18H20F3N3O4S. The number of amides is 1. The molecule has 1 aromatic heterocycles. The number of sulfonamides is 1. The van der Waals surface area contributed by atoms with E-state index >= 15 is 0 Å². The standard InChI is InChI=1S/C18H20F3N3O4S/c19-18(20,21)15-4-2-1-3-13(15)5-6-22-17(25)16-11-14(12-23-16)29(26,27)24-7-9-28-10-8-24/h1-4,11-12,23H,5-10H2,(H,22,25). The van der Waals surface area contributed by atoms with Crippen LogP contribution in [0.5, 0.6) is 0 Å². The summed E-state index contributed by atoms with van der Waals surface area (Å²) in [7, 11) is -3.74. The average molecular weight is 431 g/mol. The van der Waals surface area contributed by atoms with Gasteiger partial charge in [0.25, 0.3) is 5.91 Å². The Hall–Kier alpha value is -2.37. The molecule has 7 nitrogen and oxygen atoms in total. The number of nitrogens with zero attached hydrogens (tertiary/aromatic N) is 1. The highest BCUT2D eigenvalue weighted by molar-refractivity contribution is 7.89. The summed E-state index contributed by atoms with van der Waals surface area (Å²) in [5.41, 5.74) is -0.656. The predicted molar refractivity (Wildman–Crippen MR) is 97.9 cm³/mol. The van der Waals surface area contributed by atoms with Crippen LogP contribution in [0.3, 0.4) is 0 Å². The number of benzene rings is 1. The first-order valence-electron chi connectivity index (χ1n) is 8.89. The second-order valence-electron chi connectivity index (χ2n) is 6.43. The van der Waals surface area contributed by atoms with Crippen molar-refractivity contribution in [1.29, 1.82) is 0 Å². The first kappa shape index (κ1) is 21.3. The summed E-state index contributed by atoms with van der Waals surface area (Å²) in [6.45, 7) is 1.03. The fraction of sp³-hybridized carbons (Fsp3) is 0.389. The second-order valence-corrected chi connectivity index (χ2v) is 8.36. The van der Waals surface area contributed by atoms with E-state index in [1.165, 1.54) is 34.8 Å². The van der Waals surface area contributed by atoms with E-state index < -0.39 is 27.7 Å². The SMILES string of the molecule is O=C(NCCc1ccccc1C(F)(F)F)c1cc(S(=O)(=O)N2CCOCC2)c[nH]1. The van der Waals surface area contributed by atoms with Crippen molar-refractivity contribution < 1.29 is 31.1 Å². The number of aromatic nitrogens is 1. The number of carbonyl (C=O) groups is 1. The molecule has 11 heteroatoms. The molecular weight excluding hydrogens is 411 g/mol. The number of halogens is 3. The molecule has 2 aromatic rings. The van der Waals surface area contributed by atoms with Crippen LogP contribution in [0, 0.1) is 0 Å². The molecule has 1 aliphatic heterocycles. The predicted octanol–water partition coefficient (Wildman–Crippen LogP) is 2.03. The maximum Gasteiger partial charge on any atom is 0.416 e. The van der Waals surface area contributed by atoms with E-state index in [1.807, 2.05) is 0 Å². The van der Waals surface area contributed by atoms with E-state index in [0.717, 1.165) is 6.07 Å². The topological polar surface area (TPSA) is 91.5 Å². The number of rotatable bonds is 6. The van der Waals surface area contributed by atoms with Crippen LogP contribution >= 0.6 is 0 Å². The Balaban J connectivity index is 1.62. The zero-order valence-corrected chi connectivity index (χ0v) is 16.1. The van der Waals surface area contributed by atoms with E-state index in [1.54, 1.807) is 0 Å². The molecule has 1 aromatic carbocycles. The van der Waals surface area contributed by atoms with Gasteiger partial charge in [-0.1, -0.05) is 18.2 Å². The van der Waals surface area contributed by atoms with Crippen molar-refractivity contribution >= 4 is 15.9 Å². The van der Waals surface area contributed by atoms with Crippen molar-refractivity contribution in [1.82, 2.24) is 14.6 Å². The van der Waals surface area contributed by atoms with Gasteiger partial charge < -0.3 is 15.0 Å². The van der Waals surface area contributed by atoms with Gasteiger partial charge in [0, 0.05) is 25.8 Å². The highest BCUT2D eigenvalue weighted by Gasteiger charge is 2.32. The van der Waals surface area contributed by atoms with Crippen molar-refractivity contribution in [2.45, 2.75) is 17.5 Å². The van der Waals surface area contributed by atoms with Gasteiger partial charge >= 0.3 is 6.18 Å². The van der Waals surface area contributed by atoms with Gasteiger partial charge in [-0.3, -0.25) is 4.79 Å². The van der Waals surface area contributed by atoms with Crippen molar-refractivity contribution in [3.8, 4) is 0 Å². The van der Waals surface area contributed by atoms with Crippen molar-refractivity contribution in [2.24, 2.45) is 0 Å². The summed E-state index contributed by atoms with van der Waals surface area (Å²) in [5, 5.41) is 2.50. The molecule has 1 saturated heterocycles. The van der Waals surface area contributed by atoms with Gasteiger partial charge in [-0.15, -0.1) is 0 Å². The molecule has 2 N–H and O–H groups in total. The van der Waals surface area contributed by atoms with Gasteiger partial charge in [0.05, 0.1) is 18.8 Å². The second kappa shape index (κ2) is 8.56. The highest BCUT2D eigenvalue weighted by Crippen LogP contribution is 2.31. The largest absolute Gasteiger partial charge is 0.416 e. The molecule has 1 aliphatic rings. The van der Waals surface area contributed by atoms with Gasteiger partial charge in [-0.2, -0.15) is 17.5 Å². The molecule has 2 heterocycles. The number of ether oxygens (including phenoxy) is 1. The van der Waals surface area contributed by atoms with Gasteiger partial charge in [0.2, 0.25) is 10.0 Å². The number of nitrogens with one attached hydrogen (secondary N) is 2. The summed E-state index contributed by atoms with van der Waals surface area (Å²) in [6.07, 6.45) is -3.26. The molecule has 0 spiro atoms. The van der Waals surface area contributed by atoms with Crippen LogP contribution in [0.4, 0.5) is 13.2 Å². The van der Waals surface area contributed by atoms with Crippen molar-refractivity contribution in [3.05, 3.63) is 53.3 Å². The number of hydrogen-bond donors (Lipinski definition) is 2. The van der Waals surface area contributed by atoms with Gasteiger partial charge in [-0.05, 0) is 24.1 Å². The zero-order valence-electron chi connectivity index (χ0n) is 15.3. The lowest BCUT2D eigenvalue weighted by Crippen LogP contribution is -2.40. The van der Waals surface area contributed by atoms with Crippen LogP contribution in [0.2, 0.25) is 0 Å². The Morgan fingerprint density at radius 2 is 1.90 bits per heavy atom. The molecule has 1 fully saturated rings. The summed E-state index contributed by atoms with van der Waals surface area (Å²) in [4.78, 5) is 14.8. The number of morpholine rings is 1. The van der Waals surface area contributed by atoms with Crippen LogP contribution in [0.25, 0.3) is 0 Å². The number of aromatic amines is 1. The molecule has 0 aliphatic carbocycles. The fourth-order valence-electron chi connectivity index (χ4n) is 3.01. The zero-order chi connectivity index (χ0) is 21.1. The molecule has 0 radical (unpaired) electrons. The fourth-order valence-corrected chi connectivity index (χ4v) is 4.41. The number of carbonyl (C=O) groups excluding carboxylic acids is 1. The van der Waals surface area contributed by atoms with Crippen LogP contribution in [0.1, 0.15) is 21.6 Å². The smallest absolute Gasteiger partial charge is 0.379 e. The number of H-pyrrole nitrogens is 1. The van der Waals surface area contributed by atoms with Gasteiger partial charge in [-0.25, -0.2) is 8.42 Å². The third-order valence-electron chi connectivity index (χ3n) is 4.51. The molecule has 29 heavy (non-hydrogen) atoms. The lowest BCUT2D eigenvalue weighted by Gasteiger charge is -2.25. The van der Waals surface area contributed by atoms with E-state index in [0.29, 0.717) is 13.2 Å². The maximum atomic E-state index is 13.0. The molecule has 0 bridgehead atoms. The minimum atomic E-state index is -4.47. The first-order valence-corrected chi connectivity index (χ1v) is 10.3. The Morgan fingerprint density at radius 1 is 1.21 bits per heavy atom. The molecule has 1 amide bonds. The minimum absolute atomic E-state index is 0.0128. The Labute approximate surface area is 165 Å². The average Bonchev–Trinajstić information content (AvgIpc) is 3.19. The van der Waals surface area contributed by atoms with Crippen LogP contribution in [-0.2, 0) is 27.4 Å². The lowest BCUT2D eigenvalue weighted by molar-refractivity contribution is -0.138. The van der Waals surface area contributed by atoms with Gasteiger partial charge in [0.1, 0.15) is 10.6 Å². The molecule has 0 saturated carbocycles. The third kappa shape index (κ3) is 4.98. The van der Waals surface area contributed by atoms with Crippen LogP contribution < -0.4 is 5.32 Å². The highest BCUT2D eigenvalue weighted by atomic mass is 32.2. The van der Waals surface area contributed by atoms with Crippen molar-refractivity contribution in [2.75, 3.05) is 32.8 Å². The molecule has 0 unspecified atom stereocenters. The van der Waals surface area contributed by atoms with E-state index in [4.69, 9.17) is 4.74 Å². The van der Waals surface area contributed by atoms with E-state index in [2.05, 4.69) is 10.3 Å². The number of hydrogen-bond acceptors (Lipinski definition) is 4. The summed E-state index contributed by atoms with van der Waals surface area (Å²) < 4.78 is 70.6. The van der Waals surface area contributed by atoms with E-state index in [9.17, 15) is 26.4 Å². The van der Waals surface area contributed by atoms with E-state index in [-0.39, 0.29) is 42.2 Å². The van der Waals surface area contributed by atoms with Crippen LogP contribution in [-0.4, -0.2) is 56.5 Å². The monoisotopic (exact) mass is 431 g/mol. The summed E-state index contributed by atoms with van der Waals surface area (Å²) in [5.74, 6) is -0.599. The van der Waals surface area contributed by atoms with Gasteiger partial charge in [0.15, 0.2) is 0 Å². The summed E-state index contributed by atoms with van der Waals surface area (Å²) in [6, 6.07) is 6.37. The Morgan fingerprint density at radius 3 is 2.59 bits per heavy atom. The third-order valence-corrected chi connectivity index (χ3v) is 6.39. The molecule has 158 valence electrons.